The second-order valence-corrected chi connectivity index (χ2v) is 9.25. The van der Waals surface area contributed by atoms with E-state index in [4.69, 9.17) is 11.6 Å². The molecule has 0 aromatic heterocycles. The van der Waals surface area contributed by atoms with E-state index in [2.05, 4.69) is 23.9 Å². The van der Waals surface area contributed by atoms with Gasteiger partial charge in [0.25, 0.3) is 15.9 Å². The fourth-order valence-electron chi connectivity index (χ4n) is 3.02. The first kappa shape index (κ1) is 23.2. The molecule has 7 heteroatoms. The van der Waals surface area contributed by atoms with Crippen molar-refractivity contribution >= 4 is 33.2 Å². The van der Waals surface area contributed by atoms with E-state index >= 15 is 0 Å². The SMILES string of the molecule is CCCCC(CC)CNC(=O)c1ccc(Cl)c(S(=O)(=O)Nc2ccccc2C)c1. The van der Waals surface area contributed by atoms with Crippen LogP contribution in [0.15, 0.2) is 47.4 Å². The molecule has 0 saturated heterocycles. The van der Waals surface area contributed by atoms with Gasteiger partial charge < -0.3 is 5.32 Å². The number of anilines is 1. The van der Waals surface area contributed by atoms with Crippen molar-refractivity contribution in [2.75, 3.05) is 11.3 Å². The molecule has 0 radical (unpaired) electrons. The van der Waals surface area contributed by atoms with Crippen molar-refractivity contribution in [1.29, 1.82) is 0 Å². The second kappa shape index (κ2) is 10.6. The standard InChI is InChI=1S/C22H29ClN2O3S/c1-4-6-10-17(5-2)15-24-22(26)18-12-13-19(23)21(14-18)29(27,28)25-20-11-8-7-9-16(20)3/h7-9,11-14,17,25H,4-6,10,15H2,1-3H3,(H,24,26). The molecule has 1 amide bonds. The molecular formula is C22H29ClN2O3S. The summed E-state index contributed by atoms with van der Waals surface area (Å²) in [6.07, 6.45) is 4.30. The number of rotatable bonds is 10. The molecule has 0 aliphatic carbocycles. The Morgan fingerprint density at radius 2 is 1.86 bits per heavy atom. The number of unbranched alkanes of at least 4 members (excludes halogenated alkanes) is 1. The molecule has 2 rings (SSSR count). The number of nitrogens with one attached hydrogen (secondary N) is 2. The van der Waals surface area contributed by atoms with Gasteiger partial charge in [0.1, 0.15) is 4.90 Å². The third-order valence-electron chi connectivity index (χ3n) is 4.97. The monoisotopic (exact) mass is 436 g/mol. The van der Waals surface area contributed by atoms with Crippen LogP contribution in [0.5, 0.6) is 0 Å². The van der Waals surface area contributed by atoms with Crippen LogP contribution in [-0.4, -0.2) is 20.9 Å². The van der Waals surface area contributed by atoms with Crippen molar-refractivity contribution in [3.63, 3.8) is 0 Å². The summed E-state index contributed by atoms with van der Waals surface area (Å²) in [5, 5.41) is 2.99. The highest BCUT2D eigenvalue weighted by atomic mass is 35.5. The minimum absolute atomic E-state index is 0.0667. The first-order valence-corrected chi connectivity index (χ1v) is 11.8. The van der Waals surface area contributed by atoms with Crippen molar-refractivity contribution in [1.82, 2.24) is 5.32 Å². The number of para-hydroxylation sites is 1. The molecule has 0 saturated carbocycles. The van der Waals surface area contributed by atoms with Gasteiger partial charge in [-0.3, -0.25) is 9.52 Å². The van der Waals surface area contributed by atoms with Crippen molar-refractivity contribution in [3.05, 3.63) is 58.6 Å². The zero-order valence-electron chi connectivity index (χ0n) is 17.2. The average Bonchev–Trinajstić information content (AvgIpc) is 2.69. The van der Waals surface area contributed by atoms with Gasteiger partial charge >= 0.3 is 0 Å². The van der Waals surface area contributed by atoms with E-state index in [9.17, 15) is 13.2 Å². The third-order valence-corrected chi connectivity index (χ3v) is 6.81. The first-order chi connectivity index (χ1) is 13.8. The average molecular weight is 437 g/mol. The summed E-state index contributed by atoms with van der Waals surface area (Å²) in [5.41, 5.74) is 1.53. The number of amides is 1. The van der Waals surface area contributed by atoms with Crippen LogP contribution in [0.1, 0.15) is 55.5 Å². The Morgan fingerprint density at radius 3 is 2.52 bits per heavy atom. The van der Waals surface area contributed by atoms with Gasteiger partial charge in [0.2, 0.25) is 0 Å². The molecule has 0 heterocycles. The molecule has 0 aliphatic rings. The second-order valence-electron chi connectivity index (χ2n) is 7.19. The number of hydrogen-bond donors (Lipinski definition) is 2. The number of halogens is 1. The highest BCUT2D eigenvalue weighted by Crippen LogP contribution is 2.26. The summed E-state index contributed by atoms with van der Waals surface area (Å²) in [7, 11) is -3.93. The number of sulfonamides is 1. The molecule has 2 N–H and O–H groups in total. The number of carbonyl (C=O) groups excluding carboxylic acids is 1. The summed E-state index contributed by atoms with van der Waals surface area (Å²) in [5.74, 6) is 0.112. The van der Waals surface area contributed by atoms with E-state index in [0.29, 0.717) is 18.2 Å². The smallest absolute Gasteiger partial charge is 0.263 e. The van der Waals surface area contributed by atoms with Crippen LogP contribution in [0.2, 0.25) is 5.02 Å². The maximum Gasteiger partial charge on any atom is 0.263 e. The Balaban J connectivity index is 2.18. The summed E-state index contributed by atoms with van der Waals surface area (Å²) in [6.45, 7) is 6.64. The van der Waals surface area contributed by atoms with Crippen LogP contribution < -0.4 is 10.0 Å². The van der Waals surface area contributed by atoms with Crippen molar-refractivity contribution in [2.24, 2.45) is 5.92 Å². The van der Waals surface area contributed by atoms with E-state index in [-0.39, 0.29) is 21.4 Å². The maximum absolute atomic E-state index is 12.9. The normalized spacial score (nSPS) is 12.4. The molecule has 2 aromatic carbocycles. The highest BCUT2D eigenvalue weighted by molar-refractivity contribution is 7.92. The highest BCUT2D eigenvalue weighted by Gasteiger charge is 2.21. The maximum atomic E-state index is 12.9. The molecule has 0 fully saturated rings. The van der Waals surface area contributed by atoms with E-state index in [1.807, 2.05) is 19.1 Å². The van der Waals surface area contributed by atoms with Crippen LogP contribution in [0.25, 0.3) is 0 Å². The fraction of sp³-hybridized carbons (Fsp3) is 0.409. The van der Waals surface area contributed by atoms with E-state index < -0.39 is 10.0 Å². The zero-order chi connectivity index (χ0) is 21.4. The topological polar surface area (TPSA) is 75.3 Å². The Labute approximate surface area is 178 Å². The van der Waals surface area contributed by atoms with Gasteiger partial charge in [-0.2, -0.15) is 0 Å². The lowest BCUT2D eigenvalue weighted by atomic mass is 9.99. The predicted octanol–water partition coefficient (Wildman–Crippen LogP) is 5.40. The lowest BCUT2D eigenvalue weighted by Gasteiger charge is -2.16. The molecule has 1 unspecified atom stereocenters. The fourth-order valence-corrected chi connectivity index (χ4v) is 4.68. The molecule has 158 valence electrons. The van der Waals surface area contributed by atoms with E-state index in [0.717, 1.165) is 31.2 Å². The Kier molecular flexibility index (Phi) is 8.53. The summed E-state index contributed by atoms with van der Waals surface area (Å²) in [6, 6.07) is 11.4. The lowest BCUT2D eigenvalue weighted by molar-refractivity contribution is 0.0945. The summed E-state index contributed by atoms with van der Waals surface area (Å²) in [4.78, 5) is 12.5. The molecule has 5 nitrogen and oxygen atoms in total. The number of hydrogen-bond acceptors (Lipinski definition) is 3. The van der Waals surface area contributed by atoms with E-state index in [1.165, 1.54) is 18.2 Å². The van der Waals surface area contributed by atoms with Crippen LogP contribution >= 0.6 is 11.6 Å². The minimum atomic E-state index is -3.93. The predicted molar refractivity (Wildman–Crippen MR) is 119 cm³/mol. The number of carbonyl (C=O) groups is 1. The number of benzene rings is 2. The molecule has 1 atom stereocenters. The van der Waals surface area contributed by atoms with Gasteiger partial charge in [-0.05, 0) is 49.1 Å². The van der Waals surface area contributed by atoms with Crippen molar-refractivity contribution in [3.8, 4) is 0 Å². The quantitative estimate of drug-likeness (QED) is 0.523. The largest absolute Gasteiger partial charge is 0.352 e. The van der Waals surface area contributed by atoms with Gasteiger partial charge in [0.05, 0.1) is 10.7 Å². The molecular weight excluding hydrogens is 408 g/mol. The van der Waals surface area contributed by atoms with Gasteiger partial charge in [-0.1, -0.05) is 62.9 Å². The third kappa shape index (κ3) is 6.47. The molecule has 2 aromatic rings. The molecule has 0 spiro atoms. The number of aryl methyl sites for hydroxylation is 1. The Hall–Kier alpha value is -2.05. The summed E-state index contributed by atoms with van der Waals surface area (Å²) < 4.78 is 28.3. The van der Waals surface area contributed by atoms with E-state index in [1.54, 1.807) is 12.1 Å². The molecule has 0 bridgehead atoms. The van der Waals surface area contributed by atoms with Crippen molar-refractivity contribution in [2.45, 2.75) is 51.3 Å². The Morgan fingerprint density at radius 1 is 1.14 bits per heavy atom. The van der Waals surface area contributed by atoms with Crippen LogP contribution in [0.4, 0.5) is 5.69 Å². The zero-order valence-corrected chi connectivity index (χ0v) is 18.7. The van der Waals surface area contributed by atoms with Gasteiger partial charge in [-0.25, -0.2) is 8.42 Å². The first-order valence-electron chi connectivity index (χ1n) is 9.94. The Bertz CT molecular complexity index is 945. The van der Waals surface area contributed by atoms with Gasteiger partial charge in [0, 0.05) is 12.1 Å². The van der Waals surface area contributed by atoms with Crippen LogP contribution in [0.3, 0.4) is 0 Å². The van der Waals surface area contributed by atoms with Crippen molar-refractivity contribution < 1.29 is 13.2 Å². The minimum Gasteiger partial charge on any atom is -0.352 e. The van der Waals surface area contributed by atoms with Gasteiger partial charge in [0.15, 0.2) is 0 Å². The van der Waals surface area contributed by atoms with Crippen LogP contribution in [0, 0.1) is 12.8 Å². The van der Waals surface area contributed by atoms with Gasteiger partial charge in [-0.15, -0.1) is 0 Å². The molecule has 29 heavy (non-hydrogen) atoms. The van der Waals surface area contributed by atoms with Crippen LogP contribution in [-0.2, 0) is 10.0 Å². The molecule has 0 aliphatic heterocycles. The lowest BCUT2D eigenvalue weighted by Crippen LogP contribution is -2.29. The summed E-state index contributed by atoms with van der Waals surface area (Å²) >= 11 is 6.15.